The van der Waals surface area contributed by atoms with Crippen LogP contribution in [0.1, 0.15) is 23.2 Å². The van der Waals surface area contributed by atoms with Gasteiger partial charge in [0.05, 0.1) is 12.1 Å². The summed E-state index contributed by atoms with van der Waals surface area (Å²) >= 11 is 0. The minimum absolute atomic E-state index is 0.0621. The van der Waals surface area contributed by atoms with Crippen LogP contribution in [0.3, 0.4) is 0 Å². The van der Waals surface area contributed by atoms with Crippen LogP contribution in [0, 0.1) is 24.6 Å². The number of aromatic nitrogens is 1. The second-order valence-corrected chi connectivity index (χ2v) is 4.79. The van der Waals surface area contributed by atoms with Crippen LogP contribution in [-0.4, -0.2) is 16.1 Å². The Morgan fingerprint density at radius 1 is 1.67 bits per heavy atom. The SMILES string of the molecule is C=CCC(C(=O)O)C1Cc2c(F)cnc(C)c2C1. The van der Waals surface area contributed by atoms with Crippen molar-refractivity contribution < 1.29 is 14.3 Å². The number of fused-ring (bicyclic) bond motifs is 1. The molecule has 2 rings (SSSR count). The summed E-state index contributed by atoms with van der Waals surface area (Å²) in [6, 6.07) is 0. The molecule has 1 aromatic heterocycles. The highest BCUT2D eigenvalue weighted by Crippen LogP contribution is 2.35. The number of carboxylic acid groups (broad SMARTS) is 1. The molecule has 0 saturated heterocycles. The quantitative estimate of drug-likeness (QED) is 0.834. The van der Waals surface area contributed by atoms with Crippen LogP contribution in [0.5, 0.6) is 0 Å². The first-order chi connectivity index (χ1) is 8.54. The number of hydrogen-bond acceptors (Lipinski definition) is 2. The van der Waals surface area contributed by atoms with Crippen molar-refractivity contribution in [2.24, 2.45) is 11.8 Å². The third kappa shape index (κ3) is 2.15. The Hall–Kier alpha value is -1.71. The third-order valence-electron chi connectivity index (χ3n) is 3.70. The van der Waals surface area contributed by atoms with Crippen LogP contribution in [0.4, 0.5) is 4.39 Å². The Morgan fingerprint density at radius 2 is 2.33 bits per heavy atom. The molecule has 2 atom stereocenters. The van der Waals surface area contributed by atoms with Gasteiger partial charge in [-0.15, -0.1) is 6.58 Å². The molecular weight excluding hydrogens is 233 g/mol. The zero-order chi connectivity index (χ0) is 13.3. The van der Waals surface area contributed by atoms with Crippen LogP contribution in [0.15, 0.2) is 18.9 Å². The van der Waals surface area contributed by atoms with E-state index >= 15 is 0 Å². The van der Waals surface area contributed by atoms with Gasteiger partial charge in [0.1, 0.15) is 5.82 Å². The molecular formula is C14H16FNO2. The van der Waals surface area contributed by atoms with E-state index in [1.165, 1.54) is 6.20 Å². The average Bonchev–Trinajstić information content (AvgIpc) is 2.76. The van der Waals surface area contributed by atoms with Crippen LogP contribution in [0.2, 0.25) is 0 Å². The normalized spacial score (nSPS) is 19.3. The lowest BCUT2D eigenvalue weighted by Crippen LogP contribution is -2.23. The molecule has 0 fully saturated rings. The van der Waals surface area contributed by atoms with E-state index in [2.05, 4.69) is 11.6 Å². The van der Waals surface area contributed by atoms with Crippen LogP contribution < -0.4 is 0 Å². The van der Waals surface area contributed by atoms with Crippen molar-refractivity contribution in [1.29, 1.82) is 0 Å². The number of aliphatic carboxylic acids is 1. The Balaban J connectivity index is 2.28. The molecule has 0 bridgehead atoms. The van der Waals surface area contributed by atoms with E-state index in [0.717, 1.165) is 11.3 Å². The lowest BCUT2D eigenvalue weighted by molar-refractivity contribution is -0.143. The predicted octanol–water partition coefficient (Wildman–Crippen LogP) is 2.52. The minimum Gasteiger partial charge on any atom is -0.481 e. The van der Waals surface area contributed by atoms with Crippen molar-refractivity contribution in [2.75, 3.05) is 0 Å². The summed E-state index contributed by atoms with van der Waals surface area (Å²) in [6.07, 6.45) is 4.33. The molecule has 0 amide bonds. The van der Waals surface area contributed by atoms with Crippen molar-refractivity contribution in [2.45, 2.75) is 26.2 Å². The third-order valence-corrected chi connectivity index (χ3v) is 3.70. The van der Waals surface area contributed by atoms with Gasteiger partial charge >= 0.3 is 5.97 Å². The summed E-state index contributed by atoms with van der Waals surface area (Å²) in [5.74, 6) is -1.71. The van der Waals surface area contributed by atoms with Crippen molar-refractivity contribution in [3.63, 3.8) is 0 Å². The number of hydrogen-bond donors (Lipinski definition) is 1. The molecule has 18 heavy (non-hydrogen) atoms. The number of rotatable bonds is 4. The standard InChI is InChI=1S/C14H16FNO2/c1-3-4-10(14(17)18)9-5-11-8(2)16-7-13(15)12(11)6-9/h3,7,9-10H,1,4-6H2,2H3,(H,17,18). The van der Waals surface area contributed by atoms with Gasteiger partial charge in [-0.3, -0.25) is 9.78 Å². The van der Waals surface area contributed by atoms with Crippen LogP contribution >= 0.6 is 0 Å². The molecule has 1 N–H and O–H groups in total. The molecule has 0 saturated carbocycles. The molecule has 0 radical (unpaired) electrons. The van der Waals surface area contributed by atoms with E-state index < -0.39 is 11.9 Å². The van der Waals surface area contributed by atoms with Gasteiger partial charge in [0.15, 0.2) is 0 Å². The van der Waals surface area contributed by atoms with E-state index in [9.17, 15) is 14.3 Å². The van der Waals surface area contributed by atoms with Crippen LogP contribution in [0.25, 0.3) is 0 Å². The monoisotopic (exact) mass is 249 g/mol. The van der Waals surface area contributed by atoms with Crippen molar-refractivity contribution >= 4 is 5.97 Å². The molecule has 3 nitrogen and oxygen atoms in total. The summed E-state index contributed by atoms with van der Waals surface area (Å²) in [5, 5.41) is 9.23. The predicted molar refractivity (Wildman–Crippen MR) is 65.8 cm³/mol. The van der Waals surface area contributed by atoms with Gasteiger partial charge in [0.2, 0.25) is 0 Å². The fraction of sp³-hybridized carbons (Fsp3) is 0.429. The van der Waals surface area contributed by atoms with Gasteiger partial charge in [0, 0.05) is 5.69 Å². The fourth-order valence-electron chi connectivity index (χ4n) is 2.72. The van der Waals surface area contributed by atoms with Gasteiger partial charge in [0.25, 0.3) is 0 Å². The number of carboxylic acids is 1. The first kappa shape index (κ1) is 12.7. The topological polar surface area (TPSA) is 50.2 Å². The molecule has 96 valence electrons. The maximum atomic E-state index is 13.7. The van der Waals surface area contributed by atoms with E-state index in [0.29, 0.717) is 24.8 Å². The lowest BCUT2D eigenvalue weighted by Gasteiger charge is -2.17. The fourth-order valence-corrected chi connectivity index (χ4v) is 2.72. The molecule has 1 heterocycles. The Labute approximate surface area is 105 Å². The van der Waals surface area contributed by atoms with Gasteiger partial charge in [-0.05, 0) is 43.2 Å². The number of nitrogens with zero attached hydrogens (tertiary/aromatic N) is 1. The Morgan fingerprint density at radius 3 is 2.89 bits per heavy atom. The van der Waals surface area contributed by atoms with E-state index in [-0.39, 0.29) is 11.7 Å². The largest absolute Gasteiger partial charge is 0.481 e. The second kappa shape index (κ2) is 4.88. The molecule has 1 aliphatic rings. The minimum atomic E-state index is -0.835. The smallest absolute Gasteiger partial charge is 0.307 e. The zero-order valence-electron chi connectivity index (χ0n) is 10.3. The first-order valence-electron chi connectivity index (χ1n) is 6.01. The molecule has 1 aliphatic carbocycles. The number of pyridine rings is 1. The van der Waals surface area contributed by atoms with Crippen molar-refractivity contribution in [1.82, 2.24) is 4.98 Å². The van der Waals surface area contributed by atoms with Gasteiger partial charge in [-0.25, -0.2) is 4.39 Å². The molecule has 2 unspecified atom stereocenters. The molecule has 0 spiro atoms. The highest BCUT2D eigenvalue weighted by molar-refractivity contribution is 5.71. The maximum Gasteiger partial charge on any atom is 0.307 e. The summed E-state index contributed by atoms with van der Waals surface area (Å²) < 4.78 is 13.7. The Kier molecular flexibility index (Phi) is 3.45. The van der Waals surface area contributed by atoms with Crippen molar-refractivity contribution in [3.8, 4) is 0 Å². The first-order valence-corrected chi connectivity index (χ1v) is 6.01. The van der Waals surface area contributed by atoms with E-state index in [1.807, 2.05) is 6.92 Å². The van der Waals surface area contributed by atoms with E-state index in [4.69, 9.17) is 0 Å². The maximum absolute atomic E-state index is 13.7. The van der Waals surface area contributed by atoms with E-state index in [1.54, 1.807) is 6.08 Å². The zero-order valence-corrected chi connectivity index (χ0v) is 10.3. The summed E-state index contributed by atoms with van der Waals surface area (Å²) in [6.45, 7) is 5.43. The molecule has 1 aromatic rings. The number of halogens is 1. The average molecular weight is 249 g/mol. The summed E-state index contributed by atoms with van der Waals surface area (Å²) in [7, 11) is 0. The highest BCUT2D eigenvalue weighted by Gasteiger charge is 2.34. The summed E-state index contributed by atoms with van der Waals surface area (Å²) in [5.41, 5.74) is 2.33. The lowest BCUT2D eigenvalue weighted by atomic mass is 9.87. The highest BCUT2D eigenvalue weighted by atomic mass is 19.1. The number of carbonyl (C=O) groups is 1. The summed E-state index contributed by atoms with van der Waals surface area (Å²) in [4.78, 5) is 15.2. The van der Waals surface area contributed by atoms with Crippen LogP contribution in [-0.2, 0) is 17.6 Å². The number of aryl methyl sites for hydroxylation is 1. The van der Waals surface area contributed by atoms with Crippen molar-refractivity contribution in [3.05, 3.63) is 41.5 Å². The molecule has 0 aliphatic heterocycles. The number of allylic oxidation sites excluding steroid dienone is 1. The molecule has 4 heteroatoms. The van der Waals surface area contributed by atoms with Gasteiger partial charge in [-0.2, -0.15) is 0 Å². The molecule has 0 aromatic carbocycles. The van der Waals surface area contributed by atoms with Gasteiger partial charge < -0.3 is 5.11 Å². The Bertz CT molecular complexity index is 468. The van der Waals surface area contributed by atoms with Gasteiger partial charge in [-0.1, -0.05) is 6.08 Å². The second-order valence-electron chi connectivity index (χ2n) is 4.79.